The fraction of sp³-hybridized carbons (Fsp3) is 0.588. The number of hydrogen-bond acceptors (Lipinski definition) is 4. The molecule has 6 heteroatoms. The predicted octanol–water partition coefficient (Wildman–Crippen LogP) is 2.39. The Kier molecular flexibility index (Phi) is 5.23. The van der Waals surface area contributed by atoms with Gasteiger partial charge in [0.25, 0.3) is 0 Å². The number of carbonyl (C=O) groups excluding carboxylic acids is 1. The van der Waals surface area contributed by atoms with Crippen LogP contribution in [0.4, 0.5) is 4.79 Å². The van der Waals surface area contributed by atoms with Crippen LogP contribution in [-0.4, -0.2) is 38.5 Å². The predicted molar refractivity (Wildman–Crippen MR) is 86.0 cm³/mol. The summed E-state index contributed by atoms with van der Waals surface area (Å²) in [5.41, 5.74) is 0.988. The van der Waals surface area contributed by atoms with Gasteiger partial charge in [-0.25, -0.2) is 4.79 Å². The van der Waals surface area contributed by atoms with E-state index in [1.807, 2.05) is 25.1 Å². The second kappa shape index (κ2) is 7.55. The van der Waals surface area contributed by atoms with Gasteiger partial charge in [0.2, 0.25) is 0 Å². The highest BCUT2D eigenvalue weighted by atomic mass is 16.5. The first-order chi connectivity index (χ1) is 11.2. The summed E-state index contributed by atoms with van der Waals surface area (Å²) < 4.78 is 16.8. The highest BCUT2D eigenvalue weighted by Crippen LogP contribution is 2.32. The van der Waals surface area contributed by atoms with Crippen molar-refractivity contribution in [2.45, 2.75) is 38.3 Å². The lowest BCUT2D eigenvalue weighted by Gasteiger charge is -2.18. The molecule has 2 N–H and O–H groups in total. The van der Waals surface area contributed by atoms with Crippen LogP contribution < -0.4 is 20.1 Å². The molecular weight excluding hydrogens is 296 g/mol. The highest BCUT2D eigenvalue weighted by molar-refractivity contribution is 5.74. The van der Waals surface area contributed by atoms with Crippen LogP contribution in [-0.2, 0) is 4.74 Å². The number of fused-ring (bicyclic) bond motifs is 1. The summed E-state index contributed by atoms with van der Waals surface area (Å²) >= 11 is 0. The van der Waals surface area contributed by atoms with Crippen molar-refractivity contribution in [2.75, 3.05) is 26.4 Å². The third kappa shape index (κ3) is 4.28. The van der Waals surface area contributed by atoms with Crippen LogP contribution >= 0.6 is 0 Å². The Morgan fingerprint density at radius 2 is 2.04 bits per heavy atom. The van der Waals surface area contributed by atoms with Gasteiger partial charge in [-0.05, 0) is 37.5 Å². The first-order valence-electron chi connectivity index (χ1n) is 8.28. The summed E-state index contributed by atoms with van der Waals surface area (Å²) in [5.74, 6) is 1.51. The number of urea groups is 1. The van der Waals surface area contributed by atoms with Crippen molar-refractivity contribution in [3.63, 3.8) is 0 Å². The fourth-order valence-corrected chi connectivity index (χ4v) is 2.79. The third-order valence-electron chi connectivity index (χ3n) is 4.13. The van der Waals surface area contributed by atoms with Crippen LogP contribution in [0.5, 0.6) is 11.5 Å². The van der Waals surface area contributed by atoms with Gasteiger partial charge in [0, 0.05) is 19.6 Å². The number of carbonyl (C=O) groups is 1. The lowest BCUT2D eigenvalue weighted by atomic mass is 10.1. The van der Waals surface area contributed by atoms with E-state index in [9.17, 15) is 4.79 Å². The molecule has 126 valence electrons. The van der Waals surface area contributed by atoms with Gasteiger partial charge in [-0.3, -0.25) is 0 Å². The molecule has 2 aliphatic heterocycles. The second-order valence-corrected chi connectivity index (χ2v) is 5.97. The first-order valence-corrected chi connectivity index (χ1v) is 8.28. The Morgan fingerprint density at radius 1 is 1.22 bits per heavy atom. The zero-order chi connectivity index (χ0) is 16.1. The van der Waals surface area contributed by atoms with E-state index in [-0.39, 0.29) is 18.2 Å². The maximum atomic E-state index is 12.0. The van der Waals surface area contributed by atoms with Crippen molar-refractivity contribution in [3.05, 3.63) is 23.8 Å². The van der Waals surface area contributed by atoms with Crippen LogP contribution in [0.3, 0.4) is 0 Å². The van der Waals surface area contributed by atoms with Gasteiger partial charge in [0.1, 0.15) is 0 Å². The minimum Gasteiger partial charge on any atom is -0.490 e. The molecule has 0 radical (unpaired) electrons. The Bertz CT molecular complexity index is 543. The Labute approximate surface area is 136 Å². The molecule has 3 rings (SSSR count). The molecule has 0 bridgehead atoms. The summed E-state index contributed by atoms with van der Waals surface area (Å²) in [6.45, 7) is 4.62. The highest BCUT2D eigenvalue weighted by Gasteiger charge is 2.18. The molecule has 0 aliphatic carbocycles. The molecule has 2 amide bonds. The van der Waals surface area contributed by atoms with Crippen LogP contribution in [0.15, 0.2) is 18.2 Å². The van der Waals surface area contributed by atoms with Crippen molar-refractivity contribution in [3.8, 4) is 11.5 Å². The van der Waals surface area contributed by atoms with E-state index in [4.69, 9.17) is 14.2 Å². The average Bonchev–Trinajstić information content (AvgIpc) is 2.96. The van der Waals surface area contributed by atoms with Gasteiger partial charge in [-0.2, -0.15) is 0 Å². The molecule has 1 fully saturated rings. The monoisotopic (exact) mass is 320 g/mol. The normalized spacial score (nSPS) is 21.3. The lowest BCUT2D eigenvalue weighted by molar-refractivity contribution is 0.111. The minimum absolute atomic E-state index is 0.114. The average molecular weight is 320 g/mol. The van der Waals surface area contributed by atoms with Gasteiger partial charge in [0.05, 0.1) is 25.4 Å². The zero-order valence-corrected chi connectivity index (χ0v) is 13.5. The molecule has 0 aromatic heterocycles. The van der Waals surface area contributed by atoms with Crippen LogP contribution in [0.2, 0.25) is 0 Å². The van der Waals surface area contributed by atoms with E-state index in [0.29, 0.717) is 19.8 Å². The molecule has 0 unspecified atom stereocenters. The number of nitrogens with one attached hydrogen (secondary N) is 2. The second-order valence-electron chi connectivity index (χ2n) is 5.97. The molecule has 0 saturated carbocycles. The Morgan fingerprint density at radius 3 is 2.83 bits per heavy atom. The van der Waals surface area contributed by atoms with Gasteiger partial charge >= 0.3 is 6.03 Å². The summed E-state index contributed by atoms with van der Waals surface area (Å²) in [7, 11) is 0. The summed E-state index contributed by atoms with van der Waals surface area (Å²) in [6.07, 6.45) is 3.11. The fourth-order valence-electron chi connectivity index (χ4n) is 2.79. The quantitative estimate of drug-likeness (QED) is 0.894. The summed E-state index contributed by atoms with van der Waals surface area (Å²) in [4.78, 5) is 12.0. The minimum atomic E-state index is -0.180. The van der Waals surface area contributed by atoms with E-state index in [0.717, 1.165) is 42.9 Å². The van der Waals surface area contributed by atoms with Crippen molar-refractivity contribution in [2.24, 2.45) is 0 Å². The number of ether oxygens (including phenoxy) is 3. The summed E-state index contributed by atoms with van der Waals surface area (Å²) in [5, 5.41) is 5.81. The molecular formula is C17H24N2O4. The molecule has 0 spiro atoms. The number of hydrogen-bond donors (Lipinski definition) is 2. The first kappa shape index (κ1) is 15.9. The topological polar surface area (TPSA) is 68.8 Å². The van der Waals surface area contributed by atoms with Crippen molar-refractivity contribution >= 4 is 6.03 Å². The molecule has 23 heavy (non-hydrogen) atoms. The van der Waals surface area contributed by atoms with E-state index < -0.39 is 0 Å². The van der Waals surface area contributed by atoms with Crippen molar-refractivity contribution in [1.29, 1.82) is 0 Å². The van der Waals surface area contributed by atoms with Crippen LogP contribution in [0.25, 0.3) is 0 Å². The lowest BCUT2D eigenvalue weighted by Crippen LogP contribution is -2.40. The number of amides is 2. The molecule has 1 aromatic rings. The van der Waals surface area contributed by atoms with E-state index in [1.165, 1.54) is 0 Å². The standard InChI is InChI=1S/C17H24N2O4/c1-12(19-17(20)18-11-14-4-2-7-21-14)13-5-6-15-16(10-13)23-9-3-8-22-15/h5-6,10,12,14H,2-4,7-9,11H2,1H3,(H2,18,19,20)/t12-,14-/m0/s1. The molecule has 6 nitrogen and oxygen atoms in total. The van der Waals surface area contributed by atoms with E-state index >= 15 is 0 Å². The molecule has 1 saturated heterocycles. The van der Waals surface area contributed by atoms with E-state index in [2.05, 4.69) is 10.6 Å². The number of rotatable bonds is 4. The maximum absolute atomic E-state index is 12.0. The smallest absolute Gasteiger partial charge is 0.315 e. The van der Waals surface area contributed by atoms with Gasteiger partial charge in [0.15, 0.2) is 11.5 Å². The Balaban J connectivity index is 1.53. The van der Waals surface area contributed by atoms with Crippen molar-refractivity contribution < 1.29 is 19.0 Å². The molecule has 1 aromatic carbocycles. The molecule has 2 aliphatic rings. The number of benzene rings is 1. The SMILES string of the molecule is C[C@H](NC(=O)NC[C@@H]1CCCO1)c1ccc2c(c1)OCCCO2. The largest absolute Gasteiger partial charge is 0.490 e. The van der Waals surface area contributed by atoms with Gasteiger partial charge in [-0.1, -0.05) is 6.07 Å². The van der Waals surface area contributed by atoms with Crippen LogP contribution in [0.1, 0.15) is 37.8 Å². The van der Waals surface area contributed by atoms with Gasteiger partial charge < -0.3 is 24.8 Å². The Hall–Kier alpha value is -1.95. The van der Waals surface area contributed by atoms with Crippen molar-refractivity contribution in [1.82, 2.24) is 10.6 Å². The molecule has 2 heterocycles. The summed E-state index contributed by atoms with van der Waals surface area (Å²) in [6, 6.07) is 5.50. The molecule has 2 atom stereocenters. The van der Waals surface area contributed by atoms with Crippen LogP contribution in [0, 0.1) is 0 Å². The maximum Gasteiger partial charge on any atom is 0.315 e. The zero-order valence-electron chi connectivity index (χ0n) is 13.5. The van der Waals surface area contributed by atoms with Gasteiger partial charge in [-0.15, -0.1) is 0 Å². The third-order valence-corrected chi connectivity index (χ3v) is 4.13. The van der Waals surface area contributed by atoms with E-state index in [1.54, 1.807) is 0 Å².